The summed E-state index contributed by atoms with van der Waals surface area (Å²) in [7, 11) is -7.09. The third-order valence-corrected chi connectivity index (χ3v) is 5.42. The van der Waals surface area contributed by atoms with Crippen LogP contribution >= 0.6 is 7.60 Å². The van der Waals surface area contributed by atoms with Gasteiger partial charge in [0.2, 0.25) is 0 Å². The molecule has 1 heterocycles. The Labute approximate surface area is 101 Å². The lowest BCUT2D eigenvalue weighted by molar-refractivity contribution is 0.203. The Bertz CT molecular complexity index is 404. The van der Waals surface area contributed by atoms with Gasteiger partial charge in [0.1, 0.15) is 5.25 Å². The summed E-state index contributed by atoms with van der Waals surface area (Å²) in [4.78, 5) is 19.6. The molecule has 0 amide bonds. The largest absolute Gasteiger partial charge is 0.326 e. The number of hydrogen-bond donors (Lipinski definition) is 3. The third kappa shape index (κ3) is 5.03. The van der Waals surface area contributed by atoms with E-state index in [2.05, 4.69) is 0 Å². The van der Waals surface area contributed by atoms with E-state index < -0.39 is 35.0 Å². The first-order chi connectivity index (χ1) is 7.59. The normalized spacial score (nSPS) is 25.8. The molecule has 0 aromatic rings. The molecule has 1 saturated heterocycles. The fourth-order valence-electron chi connectivity index (χ4n) is 2.23. The molecule has 7 nitrogen and oxygen atoms in total. The number of hydrogen-bond acceptors (Lipinski definition) is 4. The third-order valence-electron chi connectivity index (χ3n) is 2.99. The van der Waals surface area contributed by atoms with Crippen molar-refractivity contribution in [3.63, 3.8) is 0 Å². The standard InChI is InChI=1S/C8H18NO6PS/c1-9-4-2-3-7(5-9)8(17(13,14)15)6-16(10,11)12/h7-8H,2-6H2,1H3,(H2,10,11,12)(H,13,14,15). The Morgan fingerprint density at radius 1 is 1.47 bits per heavy atom. The van der Waals surface area contributed by atoms with Crippen molar-refractivity contribution in [2.24, 2.45) is 5.92 Å². The molecule has 102 valence electrons. The van der Waals surface area contributed by atoms with Crippen molar-refractivity contribution in [1.29, 1.82) is 0 Å². The van der Waals surface area contributed by atoms with Crippen molar-refractivity contribution in [2.75, 3.05) is 26.3 Å². The summed E-state index contributed by atoms with van der Waals surface area (Å²) in [5.74, 6) is -0.434. The van der Waals surface area contributed by atoms with Gasteiger partial charge >= 0.3 is 7.60 Å². The van der Waals surface area contributed by atoms with Crippen LogP contribution in [0.5, 0.6) is 0 Å². The van der Waals surface area contributed by atoms with Crippen molar-refractivity contribution in [3.05, 3.63) is 0 Å². The fraction of sp³-hybridized carbons (Fsp3) is 1.00. The van der Waals surface area contributed by atoms with Gasteiger partial charge in [-0.15, -0.1) is 0 Å². The molecule has 1 rings (SSSR count). The van der Waals surface area contributed by atoms with Crippen LogP contribution in [0.1, 0.15) is 12.8 Å². The van der Waals surface area contributed by atoms with Crippen molar-refractivity contribution < 1.29 is 27.3 Å². The predicted molar refractivity (Wildman–Crippen MR) is 62.5 cm³/mol. The van der Waals surface area contributed by atoms with Crippen LogP contribution in [0.4, 0.5) is 0 Å². The summed E-state index contributed by atoms with van der Waals surface area (Å²) in [6.45, 7) is 1.25. The highest BCUT2D eigenvalue weighted by atomic mass is 32.2. The maximum absolute atomic E-state index is 11.2. The average Bonchev–Trinajstić information content (AvgIpc) is 2.11. The molecule has 9 heteroatoms. The molecule has 0 saturated carbocycles. The average molecular weight is 287 g/mol. The lowest BCUT2D eigenvalue weighted by Gasteiger charge is -2.33. The van der Waals surface area contributed by atoms with Gasteiger partial charge in [0.15, 0.2) is 0 Å². The molecule has 1 fully saturated rings. The second-order valence-electron chi connectivity index (χ2n) is 4.57. The molecule has 2 unspecified atom stereocenters. The zero-order valence-electron chi connectivity index (χ0n) is 9.56. The maximum atomic E-state index is 11.2. The number of nitrogens with zero attached hydrogens (tertiary/aromatic N) is 1. The van der Waals surface area contributed by atoms with E-state index in [1.807, 2.05) is 11.9 Å². The Hall–Kier alpha value is 0.0200. The topological polar surface area (TPSA) is 115 Å². The Morgan fingerprint density at radius 3 is 2.47 bits per heavy atom. The molecule has 3 N–H and O–H groups in total. The molecular formula is C8H18NO6PS. The monoisotopic (exact) mass is 287 g/mol. The van der Waals surface area contributed by atoms with Crippen molar-refractivity contribution in [3.8, 4) is 0 Å². The van der Waals surface area contributed by atoms with E-state index in [1.54, 1.807) is 0 Å². The second kappa shape index (κ2) is 5.34. The van der Waals surface area contributed by atoms with Crippen LogP contribution in [-0.4, -0.2) is 59.2 Å². The molecular weight excluding hydrogens is 269 g/mol. The second-order valence-corrected chi connectivity index (χ2v) is 7.90. The number of rotatable bonds is 4. The highest BCUT2D eigenvalue weighted by molar-refractivity contribution is 7.86. The van der Waals surface area contributed by atoms with Gasteiger partial charge in [0.05, 0.1) is 6.16 Å². The lowest BCUT2D eigenvalue weighted by Crippen LogP contribution is -2.42. The van der Waals surface area contributed by atoms with Crippen molar-refractivity contribution in [1.82, 2.24) is 4.90 Å². The van der Waals surface area contributed by atoms with E-state index in [0.29, 0.717) is 13.0 Å². The van der Waals surface area contributed by atoms with E-state index in [1.165, 1.54) is 0 Å². The number of likely N-dealkylation sites (tertiary alicyclic amines) is 1. The molecule has 1 aliphatic rings. The van der Waals surface area contributed by atoms with Crippen LogP contribution < -0.4 is 0 Å². The quantitative estimate of drug-likeness (QED) is 0.483. The highest BCUT2D eigenvalue weighted by Crippen LogP contribution is 2.39. The van der Waals surface area contributed by atoms with E-state index in [0.717, 1.165) is 13.0 Å². The van der Waals surface area contributed by atoms with Crippen molar-refractivity contribution >= 4 is 17.7 Å². The molecule has 0 aromatic heterocycles. The zero-order valence-corrected chi connectivity index (χ0v) is 11.3. The first-order valence-electron chi connectivity index (χ1n) is 5.29. The Balaban J connectivity index is 2.87. The zero-order chi connectivity index (χ0) is 13.3. The van der Waals surface area contributed by atoms with Gasteiger partial charge < -0.3 is 14.7 Å². The number of piperidine rings is 1. The highest BCUT2D eigenvalue weighted by Gasteiger charge is 2.38. The fourth-order valence-corrected chi connectivity index (χ4v) is 5.04. The summed E-state index contributed by atoms with van der Waals surface area (Å²) in [5.41, 5.74) is 0. The minimum absolute atomic E-state index is 0.421. The molecule has 0 radical (unpaired) electrons. The van der Waals surface area contributed by atoms with Crippen LogP contribution in [0.25, 0.3) is 0 Å². The van der Waals surface area contributed by atoms with Gasteiger partial charge in [-0.05, 0) is 32.4 Å². The maximum Gasteiger partial charge on any atom is 0.326 e. The summed E-state index contributed by atoms with van der Waals surface area (Å²) in [5, 5.41) is -1.38. The van der Waals surface area contributed by atoms with Gasteiger partial charge in [-0.2, -0.15) is 8.42 Å². The van der Waals surface area contributed by atoms with Gasteiger partial charge in [-0.25, -0.2) is 0 Å². The predicted octanol–water partition coefficient (Wildman–Crippen LogP) is -0.238. The van der Waals surface area contributed by atoms with Crippen molar-refractivity contribution in [2.45, 2.75) is 18.1 Å². The van der Waals surface area contributed by atoms with Gasteiger partial charge in [-0.1, -0.05) is 0 Å². The van der Waals surface area contributed by atoms with Gasteiger partial charge in [0.25, 0.3) is 10.1 Å². The molecule has 17 heavy (non-hydrogen) atoms. The van der Waals surface area contributed by atoms with Crippen LogP contribution in [0, 0.1) is 5.92 Å². The Kier molecular flexibility index (Phi) is 4.73. The SMILES string of the molecule is CN1CCCC(C(CP(=O)(O)O)S(=O)(=O)O)C1. The molecule has 0 bridgehead atoms. The Morgan fingerprint density at radius 2 is 2.06 bits per heavy atom. The van der Waals surface area contributed by atoms with Crippen LogP contribution in [0.2, 0.25) is 0 Å². The molecule has 0 aliphatic carbocycles. The van der Waals surface area contributed by atoms with Crippen LogP contribution in [-0.2, 0) is 14.7 Å². The molecule has 0 spiro atoms. The van der Waals surface area contributed by atoms with Gasteiger partial charge in [-0.3, -0.25) is 9.12 Å². The lowest BCUT2D eigenvalue weighted by atomic mass is 9.95. The minimum atomic E-state index is -4.46. The van der Waals surface area contributed by atoms with Crippen LogP contribution in [0.3, 0.4) is 0 Å². The smallest absolute Gasteiger partial charge is 0.324 e. The minimum Gasteiger partial charge on any atom is -0.324 e. The van der Waals surface area contributed by atoms with E-state index in [-0.39, 0.29) is 0 Å². The molecule has 1 aliphatic heterocycles. The summed E-state index contributed by atoms with van der Waals surface area (Å²) < 4.78 is 42.4. The summed E-state index contributed by atoms with van der Waals surface area (Å²) >= 11 is 0. The van der Waals surface area contributed by atoms with E-state index >= 15 is 0 Å². The van der Waals surface area contributed by atoms with Gasteiger partial charge in [0, 0.05) is 6.54 Å². The molecule has 2 atom stereocenters. The first kappa shape index (κ1) is 15.1. The first-order valence-corrected chi connectivity index (χ1v) is 8.59. The van der Waals surface area contributed by atoms with E-state index in [9.17, 15) is 13.0 Å². The summed E-state index contributed by atoms with van der Waals surface area (Å²) in [6.07, 6.45) is 0.494. The van der Waals surface area contributed by atoms with E-state index in [4.69, 9.17) is 14.3 Å². The summed E-state index contributed by atoms with van der Waals surface area (Å²) in [6, 6.07) is 0. The molecule has 0 aromatic carbocycles. The van der Waals surface area contributed by atoms with Crippen LogP contribution in [0.15, 0.2) is 0 Å².